The summed E-state index contributed by atoms with van der Waals surface area (Å²) in [6, 6.07) is 4.02. The maximum absolute atomic E-state index is 11.9. The Morgan fingerprint density at radius 1 is 1.27 bits per heavy atom. The number of aliphatic imine (C=N–C) groups is 1. The number of morpholine rings is 1. The van der Waals surface area contributed by atoms with Gasteiger partial charge in [-0.25, -0.2) is 0 Å². The molecule has 1 saturated heterocycles. The minimum atomic E-state index is -0.113. The third-order valence-electron chi connectivity index (χ3n) is 4.44. The predicted molar refractivity (Wildman–Crippen MR) is 101 cm³/mol. The van der Waals surface area contributed by atoms with E-state index in [4.69, 9.17) is 9.15 Å². The molecule has 1 aromatic heterocycles. The monoisotopic (exact) mass is 365 g/mol. The zero-order valence-corrected chi connectivity index (χ0v) is 16.0. The van der Waals surface area contributed by atoms with Gasteiger partial charge in [0.15, 0.2) is 5.96 Å². The van der Waals surface area contributed by atoms with Crippen LogP contribution in [-0.2, 0) is 16.1 Å². The van der Waals surface area contributed by atoms with Crippen molar-refractivity contribution in [3.8, 4) is 0 Å². The summed E-state index contributed by atoms with van der Waals surface area (Å²) in [6.45, 7) is 9.22. The van der Waals surface area contributed by atoms with Crippen LogP contribution in [0.1, 0.15) is 19.6 Å². The SMILES string of the molecule is CN=C(NCC(=O)NCc1ccco1)NCC(C(C)C)N1CCOCC1. The molecule has 1 aliphatic heterocycles. The van der Waals surface area contributed by atoms with Gasteiger partial charge in [-0.05, 0) is 18.1 Å². The molecule has 0 aliphatic carbocycles. The average molecular weight is 365 g/mol. The van der Waals surface area contributed by atoms with Crippen molar-refractivity contribution in [3.63, 3.8) is 0 Å². The van der Waals surface area contributed by atoms with Crippen molar-refractivity contribution < 1.29 is 13.9 Å². The fraction of sp³-hybridized carbons (Fsp3) is 0.667. The van der Waals surface area contributed by atoms with E-state index in [0.717, 1.165) is 38.6 Å². The predicted octanol–water partition coefficient (Wildman–Crippen LogP) is 0.418. The second kappa shape index (κ2) is 10.8. The van der Waals surface area contributed by atoms with Crippen LogP contribution in [-0.4, -0.2) is 69.2 Å². The first kappa shape index (κ1) is 20.3. The Bertz CT molecular complexity index is 553. The van der Waals surface area contributed by atoms with Crippen molar-refractivity contribution in [3.05, 3.63) is 24.2 Å². The van der Waals surface area contributed by atoms with Crippen LogP contribution in [0.5, 0.6) is 0 Å². The number of ether oxygens (including phenoxy) is 1. The van der Waals surface area contributed by atoms with Crippen molar-refractivity contribution in [2.75, 3.05) is 46.4 Å². The number of hydrogen-bond acceptors (Lipinski definition) is 5. The molecule has 1 atom stereocenters. The number of rotatable bonds is 8. The van der Waals surface area contributed by atoms with Crippen molar-refractivity contribution in [2.24, 2.45) is 10.9 Å². The van der Waals surface area contributed by atoms with Crippen LogP contribution in [0.15, 0.2) is 27.8 Å². The van der Waals surface area contributed by atoms with E-state index >= 15 is 0 Å². The number of amides is 1. The summed E-state index contributed by atoms with van der Waals surface area (Å²) >= 11 is 0. The van der Waals surface area contributed by atoms with Crippen LogP contribution >= 0.6 is 0 Å². The molecular weight excluding hydrogens is 334 g/mol. The zero-order valence-electron chi connectivity index (χ0n) is 16.0. The van der Waals surface area contributed by atoms with E-state index in [1.165, 1.54) is 0 Å². The number of hydrogen-bond donors (Lipinski definition) is 3. The van der Waals surface area contributed by atoms with E-state index in [1.807, 2.05) is 6.07 Å². The highest BCUT2D eigenvalue weighted by atomic mass is 16.5. The number of carbonyl (C=O) groups is 1. The smallest absolute Gasteiger partial charge is 0.239 e. The highest BCUT2D eigenvalue weighted by molar-refractivity contribution is 5.86. The minimum absolute atomic E-state index is 0.113. The summed E-state index contributed by atoms with van der Waals surface area (Å²) in [6.07, 6.45) is 1.59. The highest BCUT2D eigenvalue weighted by Gasteiger charge is 2.23. The molecule has 1 fully saturated rings. The second-order valence-corrected chi connectivity index (χ2v) is 6.62. The molecule has 3 N–H and O–H groups in total. The number of nitrogens with one attached hydrogen (secondary N) is 3. The molecular formula is C18H31N5O3. The van der Waals surface area contributed by atoms with Gasteiger partial charge in [-0.15, -0.1) is 0 Å². The molecule has 0 saturated carbocycles. The summed E-state index contributed by atoms with van der Waals surface area (Å²) in [5.74, 6) is 1.75. The van der Waals surface area contributed by atoms with Gasteiger partial charge in [-0.2, -0.15) is 0 Å². The van der Waals surface area contributed by atoms with E-state index in [9.17, 15) is 4.79 Å². The van der Waals surface area contributed by atoms with Crippen LogP contribution in [0.4, 0.5) is 0 Å². The molecule has 8 nitrogen and oxygen atoms in total. The first-order valence-corrected chi connectivity index (χ1v) is 9.15. The molecule has 1 aliphatic rings. The van der Waals surface area contributed by atoms with Gasteiger partial charge in [0.25, 0.3) is 0 Å². The number of carbonyl (C=O) groups excluding carboxylic acids is 1. The maximum atomic E-state index is 11.9. The summed E-state index contributed by atoms with van der Waals surface area (Å²) in [5.41, 5.74) is 0. The lowest BCUT2D eigenvalue weighted by molar-refractivity contribution is -0.120. The highest BCUT2D eigenvalue weighted by Crippen LogP contribution is 2.12. The summed E-state index contributed by atoms with van der Waals surface area (Å²) < 4.78 is 10.6. The van der Waals surface area contributed by atoms with Gasteiger partial charge in [0.2, 0.25) is 5.91 Å². The molecule has 8 heteroatoms. The van der Waals surface area contributed by atoms with Crippen LogP contribution in [0, 0.1) is 5.92 Å². The van der Waals surface area contributed by atoms with Crippen LogP contribution < -0.4 is 16.0 Å². The molecule has 0 aromatic carbocycles. The van der Waals surface area contributed by atoms with Crippen LogP contribution in [0.25, 0.3) is 0 Å². The van der Waals surface area contributed by atoms with E-state index < -0.39 is 0 Å². The minimum Gasteiger partial charge on any atom is -0.467 e. The number of furan rings is 1. The Morgan fingerprint density at radius 2 is 2.04 bits per heavy atom. The van der Waals surface area contributed by atoms with E-state index in [-0.39, 0.29) is 12.5 Å². The standard InChI is InChI=1S/C18H31N5O3/c1-14(2)16(23-6-9-25-10-7-23)12-21-18(19-3)22-13-17(24)20-11-15-5-4-8-26-15/h4-5,8,14,16H,6-7,9-13H2,1-3H3,(H,20,24)(H2,19,21,22). The molecule has 1 unspecified atom stereocenters. The summed E-state index contributed by atoms with van der Waals surface area (Å²) in [5, 5.41) is 9.18. The Labute approximate surface area is 155 Å². The lowest BCUT2D eigenvalue weighted by atomic mass is 10.0. The topological polar surface area (TPSA) is 91.1 Å². The Kier molecular flexibility index (Phi) is 8.43. The lowest BCUT2D eigenvalue weighted by Gasteiger charge is -2.37. The van der Waals surface area contributed by atoms with Gasteiger partial charge in [0.05, 0.1) is 32.6 Å². The summed E-state index contributed by atoms with van der Waals surface area (Å²) in [4.78, 5) is 18.6. The van der Waals surface area contributed by atoms with Gasteiger partial charge < -0.3 is 25.1 Å². The Morgan fingerprint density at radius 3 is 2.65 bits per heavy atom. The third kappa shape index (κ3) is 6.68. The zero-order chi connectivity index (χ0) is 18.8. The molecule has 2 heterocycles. The maximum Gasteiger partial charge on any atom is 0.239 e. The first-order chi connectivity index (χ1) is 12.6. The van der Waals surface area contributed by atoms with Gasteiger partial charge in [-0.3, -0.25) is 14.7 Å². The van der Waals surface area contributed by atoms with Gasteiger partial charge in [-0.1, -0.05) is 13.8 Å². The molecule has 1 amide bonds. The molecule has 2 rings (SSSR count). The lowest BCUT2D eigenvalue weighted by Crippen LogP contribution is -2.53. The van der Waals surface area contributed by atoms with E-state index in [1.54, 1.807) is 19.4 Å². The average Bonchev–Trinajstić information content (AvgIpc) is 3.17. The molecule has 146 valence electrons. The molecule has 0 spiro atoms. The van der Waals surface area contributed by atoms with Gasteiger partial charge in [0, 0.05) is 32.7 Å². The number of guanidine groups is 1. The van der Waals surface area contributed by atoms with Crippen LogP contribution in [0.3, 0.4) is 0 Å². The molecule has 0 bridgehead atoms. The van der Waals surface area contributed by atoms with E-state index in [2.05, 4.69) is 39.7 Å². The largest absolute Gasteiger partial charge is 0.467 e. The molecule has 0 radical (unpaired) electrons. The van der Waals surface area contributed by atoms with Crippen molar-refractivity contribution >= 4 is 11.9 Å². The van der Waals surface area contributed by atoms with Crippen molar-refractivity contribution in [1.29, 1.82) is 0 Å². The Balaban J connectivity index is 1.72. The first-order valence-electron chi connectivity index (χ1n) is 9.15. The molecule has 26 heavy (non-hydrogen) atoms. The number of nitrogens with zero attached hydrogens (tertiary/aromatic N) is 2. The fourth-order valence-electron chi connectivity index (χ4n) is 2.94. The fourth-order valence-corrected chi connectivity index (χ4v) is 2.94. The van der Waals surface area contributed by atoms with Crippen LogP contribution in [0.2, 0.25) is 0 Å². The van der Waals surface area contributed by atoms with Crippen molar-refractivity contribution in [1.82, 2.24) is 20.9 Å². The van der Waals surface area contributed by atoms with Gasteiger partial charge in [0.1, 0.15) is 5.76 Å². The van der Waals surface area contributed by atoms with Crippen molar-refractivity contribution in [2.45, 2.75) is 26.4 Å². The summed E-state index contributed by atoms with van der Waals surface area (Å²) in [7, 11) is 1.70. The van der Waals surface area contributed by atoms with E-state index in [0.29, 0.717) is 24.5 Å². The quantitative estimate of drug-likeness (QED) is 0.457. The molecule has 1 aromatic rings. The Hall–Kier alpha value is -2.06. The van der Waals surface area contributed by atoms with Gasteiger partial charge >= 0.3 is 0 Å². The third-order valence-corrected chi connectivity index (χ3v) is 4.44. The second-order valence-electron chi connectivity index (χ2n) is 6.62. The normalized spacial score (nSPS) is 17.2.